The number of aromatic nitrogens is 2. The Balaban J connectivity index is 0.974. The van der Waals surface area contributed by atoms with E-state index in [9.17, 15) is 4.79 Å². The van der Waals surface area contributed by atoms with Crippen molar-refractivity contribution in [3.05, 3.63) is 82.9 Å². The molecule has 4 aliphatic rings. The lowest BCUT2D eigenvalue weighted by atomic mass is 9.96. The van der Waals surface area contributed by atoms with Crippen molar-refractivity contribution in [1.82, 2.24) is 20.4 Å². The van der Waals surface area contributed by atoms with E-state index in [1.807, 2.05) is 54.6 Å². The monoisotopic (exact) mass is 582 g/mol. The Kier molecular flexibility index (Phi) is 6.69. The summed E-state index contributed by atoms with van der Waals surface area (Å²) in [6.45, 7) is 1.77. The molecule has 7 nitrogen and oxygen atoms in total. The minimum atomic E-state index is -0.102. The van der Waals surface area contributed by atoms with Crippen LogP contribution in [0.4, 0.5) is 0 Å². The van der Waals surface area contributed by atoms with Gasteiger partial charge in [0.25, 0.3) is 5.91 Å². The van der Waals surface area contributed by atoms with Gasteiger partial charge in [0.05, 0.1) is 36.5 Å². The van der Waals surface area contributed by atoms with Crippen LogP contribution in [0.3, 0.4) is 0 Å². The molecule has 3 aliphatic heterocycles. The number of ether oxygens (including phenoxy) is 2. The molecule has 2 bridgehead atoms. The van der Waals surface area contributed by atoms with E-state index in [2.05, 4.69) is 32.5 Å². The lowest BCUT2D eigenvalue weighted by molar-refractivity contribution is -0.102. The second kappa shape index (κ2) is 10.7. The van der Waals surface area contributed by atoms with Crippen LogP contribution in [0.1, 0.15) is 60.5 Å². The highest BCUT2D eigenvalue weighted by atomic mass is 35.5. The van der Waals surface area contributed by atoms with Crippen molar-refractivity contribution in [2.24, 2.45) is 5.92 Å². The topological polar surface area (TPSA) is 79.5 Å². The lowest BCUT2D eigenvalue weighted by Gasteiger charge is -2.46. The predicted octanol–water partition coefficient (Wildman–Crippen LogP) is 6.54. The molecule has 3 saturated heterocycles. The Morgan fingerprint density at radius 2 is 1.74 bits per heavy atom. The Bertz CT molecular complexity index is 1600. The zero-order valence-corrected chi connectivity index (χ0v) is 24.2. The molecule has 8 rings (SSSR count). The maximum absolute atomic E-state index is 13.4. The van der Waals surface area contributed by atoms with Crippen molar-refractivity contribution >= 4 is 28.4 Å². The van der Waals surface area contributed by atoms with Gasteiger partial charge in [-0.1, -0.05) is 29.8 Å². The summed E-state index contributed by atoms with van der Waals surface area (Å²) < 4.78 is 11.9. The maximum atomic E-state index is 13.4. The number of aromatic amines is 1. The molecule has 216 valence electrons. The van der Waals surface area contributed by atoms with Crippen LogP contribution in [0.2, 0.25) is 5.02 Å². The third-order valence-electron chi connectivity index (χ3n) is 9.66. The van der Waals surface area contributed by atoms with E-state index >= 15 is 0 Å². The Hall–Kier alpha value is -3.39. The summed E-state index contributed by atoms with van der Waals surface area (Å²) in [5.74, 6) is 1.21. The first kappa shape index (κ1) is 26.3. The molecular formula is C34H35ClN4O3. The molecule has 0 spiro atoms. The van der Waals surface area contributed by atoms with E-state index in [-0.39, 0.29) is 18.1 Å². The summed E-state index contributed by atoms with van der Waals surface area (Å²) >= 11 is 6.50. The van der Waals surface area contributed by atoms with Crippen LogP contribution in [0.5, 0.6) is 5.75 Å². The number of halogens is 1. The van der Waals surface area contributed by atoms with Gasteiger partial charge >= 0.3 is 0 Å². The molecule has 4 fully saturated rings. The summed E-state index contributed by atoms with van der Waals surface area (Å²) in [5.41, 5.74) is 4.29. The lowest BCUT2D eigenvalue weighted by Crippen LogP contribution is -2.57. The third-order valence-corrected chi connectivity index (χ3v) is 10.0. The van der Waals surface area contributed by atoms with Crippen molar-refractivity contribution in [1.29, 1.82) is 0 Å². The normalized spacial score (nSPS) is 24.8. The van der Waals surface area contributed by atoms with Crippen LogP contribution in [-0.4, -0.2) is 58.4 Å². The molecule has 8 heteroatoms. The largest absolute Gasteiger partial charge is 0.490 e. The van der Waals surface area contributed by atoms with Crippen LogP contribution < -0.4 is 10.1 Å². The molecule has 0 radical (unpaired) electrons. The van der Waals surface area contributed by atoms with Crippen LogP contribution in [0, 0.1) is 5.92 Å². The minimum absolute atomic E-state index is 0.0899. The Morgan fingerprint density at radius 3 is 2.43 bits per heavy atom. The van der Waals surface area contributed by atoms with Crippen LogP contribution in [0.25, 0.3) is 22.2 Å². The molecule has 1 aromatic heterocycles. The fraction of sp³-hybridized carbons (Fsp3) is 0.412. The van der Waals surface area contributed by atoms with Gasteiger partial charge in [0.2, 0.25) is 0 Å². The number of carbonyl (C=O) groups excluding carboxylic acids is 1. The molecule has 0 unspecified atom stereocenters. The summed E-state index contributed by atoms with van der Waals surface area (Å²) in [7, 11) is 0. The van der Waals surface area contributed by atoms with Gasteiger partial charge in [0, 0.05) is 33.6 Å². The summed E-state index contributed by atoms with van der Waals surface area (Å²) in [5, 5.41) is 12.6. The van der Waals surface area contributed by atoms with Gasteiger partial charge in [-0.2, -0.15) is 5.10 Å². The minimum Gasteiger partial charge on any atom is -0.490 e. The van der Waals surface area contributed by atoms with Gasteiger partial charge < -0.3 is 14.8 Å². The first-order valence-corrected chi connectivity index (χ1v) is 15.6. The van der Waals surface area contributed by atoms with Crippen LogP contribution in [0.15, 0.2) is 66.7 Å². The van der Waals surface area contributed by atoms with Gasteiger partial charge in [-0.05, 0) is 98.5 Å². The Labute approximate surface area is 250 Å². The standard InChI is InChI=1S/C34H35ClN4O3/c35-30-4-2-1-3-28(30)32(20-5-6-20)36-34(40)22-9-14-31-29(15-22)33(38-37-31)21-7-12-26(13-8-21)42-27-16-23-10-11-24(17-27)39(23)25-18-41-19-25/h1-4,7-9,12-15,20,23-25,27,32H,5-6,10-11,16-19H2,(H,36,40)(H,37,38)/t23-,24+,27+,32-/m0/s1. The van der Waals surface area contributed by atoms with Gasteiger partial charge in [-0.25, -0.2) is 0 Å². The van der Waals surface area contributed by atoms with E-state index in [1.165, 1.54) is 12.8 Å². The maximum Gasteiger partial charge on any atom is 0.251 e. The molecule has 4 aromatic rings. The van der Waals surface area contributed by atoms with E-state index < -0.39 is 0 Å². The second-order valence-electron chi connectivity index (χ2n) is 12.4. The highest BCUT2D eigenvalue weighted by Crippen LogP contribution is 2.43. The van der Waals surface area contributed by atoms with Crippen molar-refractivity contribution in [3.63, 3.8) is 0 Å². The Morgan fingerprint density at radius 1 is 0.976 bits per heavy atom. The number of rotatable bonds is 8. The quantitative estimate of drug-likeness (QED) is 0.247. The van der Waals surface area contributed by atoms with E-state index in [4.69, 9.17) is 21.1 Å². The van der Waals surface area contributed by atoms with Gasteiger partial charge in [0.15, 0.2) is 0 Å². The number of hydrogen-bond acceptors (Lipinski definition) is 5. The van der Waals surface area contributed by atoms with Gasteiger partial charge in [-0.3, -0.25) is 14.8 Å². The smallest absolute Gasteiger partial charge is 0.251 e. The van der Waals surface area contributed by atoms with Crippen molar-refractivity contribution in [2.45, 2.75) is 68.8 Å². The number of H-pyrrole nitrogens is 1. The molecule has 4 atom stereocenters. The highest BCUT2D eigenvalue weighted by Gasteiger charge is 2.46. The highest BCUT2D eigenvalue weighted by molar-refractivity contribution is 6.31. The summed E-state index contributed by atoms with van der Waals surface area (Å²) in [6.07, 6.45) is 7.15. The molecule has 1 aliphatic carbocycles. The van der Waals surface area contributed by atoms with Gasteiger partial charge in [-0.15, -0.1) is 0 Å². The number of nitrogens with zero attached hydrogens (tertiary/aromatic N) is 2. The fourth-order valence-corrected chi connectivity index (χ4v) is 7.59. The van der Waals surface area contributed by atoms with Gasteiger partial charge in [0.1, 0.15) is 11.9 Å². The second-order valence-corrected chi connectivity index (χ2v) is 12.8. The number of piperidine rings is 1. The van der Waals surface area contributed by atoms with Crippen molar-refractivity contribution in [2.75, 3.05) is 13.2 Å². The van der Waals surface area contributed by atoms with Crippen LogP contribution in [-0.2, 0) is 4.74 Å². The zero-order valence-electron chi connectivity index (χ0n) is 23.5. The molecule has 1 saturated carbocycles. The number of benzene rings is 3. The molecule has 3 aromatic carbocycles. The molecule has 4 heterocycles. The number of amides is 1. The molecule has 42 heavy (non-hydrogen) atoms. The zero-order chi connectivity index (χ0) is 28.2. The summed E-state index contributed by atoms with van der Waals surface area (Å²) in [4.78, 5) is 16.2. The number of nitrogens with one attached hydrogen (secondary N) is 2. The van der Waals surface area contributed by atoms with Crippen LogP contribution >= 0.6 is 11.6 Å². The molecule has 2 N–H and O–H groups in total. The number of carbonyl (C=O) groups is 1. The number of hydrogen-bond donors (Lipinski definition) is 2. The molecular weight excluding hydrogens is 548 g/mol. The van der Waals surface area contributed by atoms with E-state index in [0.29, 0.717) is 34.6 Å². The van der Waals surface area contributed by atoms with E-state index in [0.717, 1.165) is 72.4 Å². The molecule has 1 amide bonds. The van der Waals surface area contributed by atoms with E-state index in [1.54, 1.807) is 0 Å². The SMILES string of the molecule is O=C(N[C@H](c1ccccc1Cl)C1CC1)c1ccc2[nH]nc(-c3ccc(O[C@H]4C[C@H]5CC[C@@H](C4)N5C4COC4)cc3)c2c1. The first-order chi connectivity index (χ1) is 20.6. The fourth-order valence-electron chi connectivity index (χ4n) is 7.34. The number of fused-ring (bicyclic) bond motifs is 3. The third kappa shape index (κ3) is 4.87. The summed E-state index contributed by atoms with van der Waals surface area (Å²) in [6, 6.07) is 23.5. The average molecular weight is 583 g/mol. The van der Waals surface area contributed by atoms with Crippen molar-refractivity contribution in [3.8, 4) is 17.0 Å². The predicted molar refractivity (Wildman–Crippen MR) is 163 cm³/mol. The first-order valence-electron chi connectivity index (χ1n) is 15.3. The van der Waals surface area contributed by atoms with Crippen molar-refractivity contribution < 1.29 is 14.3 Å². The average Bonchev–Trinajstić information content (AvgIpc) is 3.69.